The van der Waals surface area contributed by atoms with E-state index < -0.39 is 0 Å². The zero-order valence-corrected chi connectivity index (χ0v) is 9.76. The number of nitrogens with one attached hydrogen (secondary N) is 1. The molecule has 1 N–H and O–H groups in total. The molecule has 88 valence electrons. The number of amides is 1. The highest BCUT2D eigenvalue weighted by molar-refractivity contribution is 5.75. The van der Waals surface area contributed by atoms with E-state index in [1.165, 1.54) is 0 Å². The van der Waals surface area contributed by atoms with E-state index >= 15 is 0 Å². The molecular weight excluding hydrogens is 190 g/mol. The molecule has 0 aromatic heterocycles. The van der Waals surface area contributed by atoms with E-state index in [1.54, 1.807) is 0 Å². The minimum atomic E-state index is 0.218. The van der Waals surface area contributed by atoms with Crippen LogP contribution < -0.4 is 5.32 Å². The monoisotopic (exact) mass is 213 g/mol. The standard InChI is InChI=1S/C12H23NO2/c1-2-3-8-13-12(14)5-4-11-6-9-15-10-7-11/h11H,2-10H2,1H3,(H,13,14). The van der Waals surface area contributed by atoms with Gasteiger partial charge in [0.1, 0.15) is 0 Å². The Morgan fingerprint density at radius 3 is 2.80 bits per heavy atom. The quantitative estimate of drug-likeness (QED) is 0.686. The molecule has 0 radical (unpaired) electrons. The first kappa shape index (κ1) is 12.5. The summed E-state index contributed by atoms with van der Waals surface area (Å²) in [6.45, 7) is 4.72. The molecule has 0 aliphatic carbocycles. The van der Waals surface area contributed by atoms with Crippen molar-refractivity contribution in [1.82, 2.24) is 5.32 Å². The average molecular weight is 213 g/mol. The Morgan fingerprint density at radius 1 is 1.40 bits per heavy atom. The van der Waals surface area contributed by atoms with Gasteiger partial charge in [-0.3, -0.25) is 4.79 Å². The summed E-state index contributed by atoms with van der Waals surface area (Å²) in [4.78, 5) is 11.4. The molecule has 1 amide bonds. The molecule has 0 atom stereocenters. The maximum Gasteiger partial charge on any atom is 0.220 e. The Balaban J connectivity index is 2.00. The molecule has 0 bridgehead atoms. The Kier molecular flexibility index (Phi) is 6.41. The van der Waals surface area contributed by atoms with Gasteiger partial charge in [0, 0.05) is 26.2 Å². The molecule has 1 rings (SSSR count). The molecule has 3 heteroatoms. The van der Waals surface area contributed by atoms with Crippen molar-refractivity contribution < 1.29 is 9.53 Å². The van der Waals surface area contributed by atoms with Crippen molar-refractivity contribution in [2.75, 3.05) is 19.8 Å². The van der Waals surface area contributed by atoms with E-state index in [4.69, 9.17) is 4.74 Å². The number of ether oxygens (including phenoxy) is 1. The summed E-state index contributed by atoms with van der Waals surface area (Å²) in [5.74, 6) is 0.922. The van der Waals surface area contributed by atoms with Gasteiger partial charge in [-0.25, -0.2) is 0 Å². The number of hydrogen-bond donors (Lipinski definition) is 1. The van der Waals surface area contributed by atoms with E-state index in [9.17, 15) is 4.79 Å². The van der Waals surface area contributed by atoms with Gasteiger partial charge in [0.2, 0.25) is 5.91 Å². The Labute approximate surface area is 92.6 Å². The normalized spacial score (nSPS) is 17.7. The second kappa shape index (κ2) is 7.69. The topological polar surface area (TPSA) is 38.3 Å². The fourth-order valence-corrected chi connectivity index (χ4v) is 1.86. The van der Waals surface area contributed by atoms with Gasteiger partial charge < -0.3 is 10.1 Å². The highest BCUT2D eigenvalue weighted by Crippen LogP contribution is 2.19. The van der Waals surface area contributed by atoms with Crippen LogP contribution in [0.1, 0.15) is 45.4 Å². The van der Waals surface area contributed by atoms with Crippen molar-refractivity contribution in [3.8, 4) is 0 Å². The Morgan fingerprint density at radius 2 is 2.13 bits per heavy atom. The predicted octanol–water partition coefficient (Wildman–Crippen LogP) is 2.11. The minimum absolute atomic E-state index is 0.218. The second-order valence-corrected chi connectivity index (χ2v) is 4.30. The number of unbranched alkanes of at least 4 members (excludes halogenated alkanes) is 1. The van der Waals surface area contributed by atoms with Crippen molar-refractivity contribution in [1.29, 1.82) is 0 Å². The molecule has 0 spiro atoms. The lowest BCUT2D eigenvalue weighted by atomic mass is 9.95. The summed E-state index contributed by atoms with van der Waals surface area (Å²) in [7, 11) is 0. The van der Waals surface area contributed by atoms with E-state index in [-0.39, 0.29) is 5.91 Å². The molecule has 1 heterocycles. The Hall–Kier alpha value is -0.570. The molecule has 1 aliphatic heterocycles. The molecule has 3 nitrogen and oxygen atoms in total. The second-order valence-electron chi connectivity index (χ2n) is 4.30. The van der Waals surface area contributed by atoms with Crippen LogP contribution in [0.4, 0.5) is 0 Å². The van der Waals surface area contributed by atoms with Crippen LogP contribution in [0, 0.1) is 5.92 Å². The molecular formula is C12H23NO2. The molecule has 0 aromatic carbocycles. The van der Waals surface area contributed by atoms with Gasteiger partial charge in [-0.2, -0.15) is 0 Å². The Bertz CT molecular complexity index is 176. The molecule has 1 aliphatic rings. The van der Waals surface area contributed by atoms with Crippen molar-refractivity contribution in [3.05, 3.63) is 0 Å². The molecule has 0 saturated carbocycles. The van der Waals surface area contributed by atoms with E-state index in [0.717, 1.165) is 51.9 Å². The fraction of sp³-hybridized carbons (Fsp3) is 0.917. The van der Waals surface area contributed by atoms with Gasteiger partial charge in [0.25, 0.3) is 0 Å². The predicted molar refractivity (Wildman–Crippen MR) is 60.7 cm³/mol. The average Bonchev–Trinajstić information content (AvgIpc) is 2.28. The maximum atomic E-state index is 11.4. The lowest BCUT2D eigenvalue weighted by Crippen LogP contribution is -2.25. The van der Waals surface area contributed by atoms with Crippen molar-refractivity contribution in [2.24, 2.45) is 5.92 Å². The van der Waals surface area contributed by atoms with Crippen LogP contribution in [0.2, 0.25) is 0 Å². The first-order chi connectivity index (χ1) is 7.33. The van der Waals surface area contributed by atoms with Crippen LogP contribution in [0.25, 0.3) is 0 Å². The molecule has 15 heavy (non-hydrogen) atoms. The summed E-state index contributed by atoms with van der Waals surface area (Å²) >= 11 is 0. The lowest BCUT2D eigenvalue weighted by Gasteiger charge is -2.21. The fourth-order valence-electron chi connectivity index (χ4n) is 1.86. The zero-order chi connectivity index (χ0) is 10.9. The van der Waals surface area contributed by atoms with E-state index in [2.05, 4.69) is 12.2 Å². The van der Waals surface area contributed by atoms with Crippen LogP contribution in [-0.2, 0) is 9.53 Å². The summed E-state index contributed by atoms with van der Waals surface area (Å²) in [5.41, 5.74) is 0. The zero-order valence-electron chi connectivity index (χ0n) is 9.76. The van der Waals surface area contributed by atoms with Crippen LogP contribution in [-0.4, -0.2) is 25.7 Å². The number of carbonyl (C=O) groups excluding carboxylic acids is 1. The van der Waals surface area contributed by atoms with Crippen molar-refractivity contribution in [2.45, 2.75) is 45.4 Å². The van der Waals surface area contributed by atoms with E-state index in [1.807, 2.05) is 0 Å². The highest BCUT2D eigenvalue weighted by atomic mass is 16.5. The third-order valence-electron chi connectivity index (χ3n) is 2.97. The van der Waals surface area contributed by atoms with Gasteiger partial charge in [-0.15, -0.1) is 0 Å². The first-order valence-corrected chi connectivity index (χ1v) is 6.17. The number of rotatable bonds is 6. The largest absolute Gasteiger partial charge is 0.381 e. The van der Waals surface area contributed by atoms with Gasteiger partial charge in [-0.1, -0.05) is 13.3 Å². The molecule has 1 fully saturated rings. The molecule has 1 saturated heterocycles. The summed E-state index contributed by atoms with van der Waals surface area (Å²) < 4.78 is 5.29. The lowest BCUT2D eigenvalue weighted by molar-refractivity contribution is -0.121. The van der Waals surface area contributed by atoms with Crippen molar-refractivity contribution in [3.63, 3.8) is 0 Å². The van der Waals surface area contributed by atoms with Crippen LogP contribution in [0.5, 0.6) is 0 Å². The smallest absolute Gasteiger partial charge is 0.220 e. The molecule has 0 aromatic rings. The van der Waals surface area contributed by atoms with Crippen LogP contribution >= 0.6 is 0 Å². The summed E-state index contributed by atoms with van der Waals surface area (Å²) in [6.07, 6.45) is 6.20. The first-order valence-electron chi connectivity index (χ1n) is 6.17. The minimum Gasteiger partial charge on any atom is -0.381 e. The third-order valence-corrected chi connectivity index (χ3v) is 2.97. The summed E-state index contributed by atoms with van der Waals surface area (Å²) in [6, 6.07) is 0. The summed E-state index contributed by atoms with van der Waals surface area (Å²) in [5, 5.41) is 2.95. The van der Waals surface area contributed by atoms with Crippen LogP contribution in [0.3, 0.4) is 0 Å². The van der Waals surface area contributed by atoms with Gasteiger partial charge in [0.05, 0.1) is 0 Å². The number of hydrogen-bond acceptors (Lipinski definition) is 2. The van der Waals surface area contributed by atoms with Crippen LogP contribution in [0.15, 0.2) is 0 Å². The maximum absolute atomic E-state index is 11.4. The van der Waals surface area contributed by atoms with Crippen molar-refractivity contribution >= 4 is 5.91 Å². The SMILES string of the molecule is CCCCNC(=O)CCC1CCOCC1. The van der Waals surface area contributed by atoms with Gasteiger partial charge in [0.15, 0.2) is 0 Å². The molecule has 0 unspecified atom stereocenters. The van der Waals surface area contributed by atoms with Gasteiger partial charge >= 0.3 is 0 Å². The highest BCUT2D eigenvalue weighted by Gasteiger charge is 2.14. The van der Waals surface area contributed by atoms with Gasteiger partial charge in [-0.05, 0) is 31.6 Å². The third kappa shape index (κ3) is 5.78. The number of carbonyl (C=O) groups is 1. The van der Waals surface area contributed by atoms with E-state index in [0.29, 0.717) is 12.3 Å².